The van der Waals surface area contributed by atoms with Crippen molar-refractivity contribution >= 4 is 15.9 Å². The second kappa shape index (κ2) is 6.87. The fourth-order valence-corrected chi connectivity index (χ4v) is 3.92. The van der Waals surface area contributed by atoms with E-state index in [1.807, 2.05) is 19.1 Å². The highest BCUT2D eigenvalue weighted by Crippen LogP contribution is 2.21. The van der Waals surface area contributed by atoms with Crippen LogP contribution in [0.3, 0.4) is 0 Å². The summed E-state index contributed by atoms with van der Waals surface area (Å²) in [4.78, 5) is 12.0. The van der Waals surface area contributed by atoms with Gasteiger partial charge in [-0.15, -0.1) is 6.58 Å². The van der Waals surface area contributed by atoms with Crippen LogP contribution in [0.15, 0.2) is 29.7 Å². The third-order valence-electron chi connectivity index (χ3n) is 3.02. The fourth-order valence-electron chi connectivity index (χ4n) is 2.26. The summed E-state index contributed by atoms with van der Waals surface area (Å²) in [6, 6.07) is 2.77. The molecule has 1 atom stereocenters. The summed E-state index contributed by atoms with van der Waals surface area (Å²) in [6.07, 6.45) is 1.54. The van der Waals surface area contributed by atoms with Gasteiger partial charge in [0.1, 0.15) is 0 Å². The highest BCUT2D eigenvalue weighted by atomic mass is 32.2. The second-order valence-electron chi connectivity index (χ2n) is 5.10. The maximum atomic E-state index is 12.5. The number of hydrogen-bond acceptors (Lipinski definition) is 3. The van der Waals surface area contributed by atoms with Crippen LogP contribution >= 0.6 is 0 Å². The minimum absolute atomic E-state index is 0.233. The highest BCUT2D eigenvalue weighted by molar-refractivity contribution is 7.89. The fraction of sp³-hybridized carbons (Fsp3) is 0.400. The first-order valence-corrected chi connectivity index (χ1v) is 8.16. The molecule has 1 aromatic carbocycles. The molecule has 0 saturated carbocycles. The smallest absolute Gasteiger partial charge is 0.241 e. The SMILES string of the molecule is C=CCNC(=O)C(C)NS(=O)(=O)c1c(C)cc(C)cc1C. The molecule has 6 heteroatoms. The summed E-state index contributed by atoms with van der Waals surface area (Å²) in [5.74, 6) is -0.388. The van der Waals surface area contributed by atoms with E-state index in [1.54, 1.807) is 13.8 Å². The predicted octanol–water partition coefficient (Wildman–Crippen LogP) is 1.58. The summed E-state index contributed by atoms with van der Waals surface area (Å²) in [5.41, 5.74) is 2.33. The van der Waals surface area contributed by atoms with Crippen molar-refractivity contribution in [1.82, 2.24) is 10.0 Å². The van der Waals surface area contributed by atoms with Gasteiger partial charge in [-0.1, -0.05) is 23.8 Å². The monoisotopic (exact) mass is 310 g/mol. The third kappa shape index (κ3) is 4.41. The predicted molar refractivity (Wildman–Crippen MR) is 83.6 cm³/mol. The van der Waals surface area contributed by atoms with E-state index in [2.05, 4.69) is 16.6 Å². The molecule has 1 rings (SSSR count). The van der Waals surface area contributed by atoms with E-state index in [4.69, 9.17) is 0 Å². The van der Waals surface area contributed by atoms with Crippen LogP contribution in [0.4, 0.5) is 0 Å². The minimum atomic E-state index is -3.74. The second-order valence-corrected chi connectivity index (χ2v) is 6.76. The van der Waals surface area contributed by atoms with Crippen molar-refractivity contribution in [2.75, 3.05) is 6.54 Å². The number of rotatable bonds is 6. The summed E-state index contributed by atoms with van der Waals surface area (Å²) in [7, 11) is -3.74. The van der Waals surface area contributed by atoms with Crippen LogP contribution in [0, 0.1) is 20.8 Å². The lowest BCUT2D eigenvalue weighted by Crippen LogP contribution is -2.45. The summed E-state index contributed by atoms with van der Waals surface area (Å²) in [6.45, 7) is 10.7. The molecule has 5 nitrogen and oxygen atoms in total. The van der Waals surface area contributed by atoms with Crippen molar-refractivity contribution in [2.45, 2.75) is 38.6 Å². The zero-order valence-corrected chi connectivity index (χ0v) is 13.7. The Morgan fingerprint density at radius 3 is 2.29 bits per heavy atom. The highest BCUT2D eigenvalue weighted by Gasteiger charge is 2.24. The molecule has 0 bridgehead atoms. The number of carbonyl (C=O) groups excluding carboxylic acids is 1. The first kappa shape index (κ1) is 17.4. The number of sulfonamides is 1. The molecule has 0 heterocycles. The molecule has 0 spiro atoms. The average Bonchev–Trinajstić information content (AvgIpc) is 2.33. The van der Waals surface area contributed by atoms with Gasteiger partial charge in [0.05, 0.1) is 10.9 Å². The van der Waals surface area contributed by atoms with Crippen molar-refractivity contribution < 1.29 is 13.2 Å². The quantitative estimate of drug-likeness (QED) is 0.783. The molecule has 0 aromatic heterocycles. The first-order valence-electron chi connectivity index (χ1n) is 6.68. The molecule has 1 unspecified atom stereocenters. The van der Waals surface area contributed by atoms with Gasteiger partial charge >= 0.3 is 0 Å². The topological polar surface area (TPSA) is 75.3 Å². The normalized spacial score (nSPS) is 12.8. The van der Waals surface area contributed by atoms with Crippen molar-refractivity contribution in [3.8, 4) is 0 Å². The average molecular weight is 310 g/mol. The van der Waals surface area contributed by atoms with Gasteiger partial charge in [-0.3, -0.25) is 4.79 Å². The Morgan fingerprint density at radius 1 is 1.29 bits per heavy atom. The van der Waals surface area contributed by atoms with Gasteiger partial charge in [0, 0.05) is 6.54 Å². The van der Waals surface area contributed by atoms with Crippen LogP contribution in [-0.4, -0.2) is 26.9 Å². The zero-order valence-electron chi connectivity index (χ0n) is 12.9. The molecule has 0 fully saturated rings. The van der Waals surface area contributed by atoms with Crippen LogP contribution in [0.25, 0.3) is 0 Å². The Kier molecular flexibility index (Phi) is 5.69. The Bertz CT molecular complexity index is 628. The Labute approximate surface area is 126 Å². The lowest BCUT2D eigenvalue weighted by molar-refractivity contribution is -0.122. The molecule has 0 aliphatic carbocycles. The van der Waals surface area contributed by atoms with E-state index in [1.165, 1.54) is 13.0 Å². The van der Waals surface area contributed by atoms with E-state index < -0.39 is 16.1 Å². The summed E-state index contributed by atoms with van der Waals surface area (Å²) in [5, 5.41) is 2.56. The number of nitrogens with one attached hydrogen (secondary N) is 2. The van der Waals surface area contributed by atoms with Crippen molar-refractivity contribution in [3.05, 3.63) is 41.5 Å². The number of hydrogen-bond donors (Lipinski definition) is 2. The van der Waals surface area contributed by atoms with Gasteiger partial charge in [0.2, 0.25) is 15.9 Å². The zero-order chi connectivity index (χ0) is 16.2. The number of carbonyl (C=O) groups is 1. The van der Waals surface area contributed by atoms with E-state index in [0.717, 1.165) is 5.56 Å². The third-order valence-corrected chi connectivity index (χ3v) is 4.86. The molecule has 1 aromatic rings. The Balaban J connectivity index is 3.02. The van der Waals surface area contributed by atoms with Gasteiger partial charge in [-0.2, -0.15) is 4.72 Å². The van der Waals surface area contributed by atoms with E-state index in [0.29, 0.717) is 17.7 Å². The van der Waals surface area contributed by atoms with Gasteiger partial charge in [0.25, 0.3) is 0 Å². The number of aryl methyl sites for hydroxylation is 3. The van der Waals surface area contributed by atoms with Crippen molar-refractivity contribution in [1.29, 1.82) is 0 Å². The largest absolute Gasteiger partial charge is 0.351 e. The number of benzene rings is 1. The van der Waals surface area contributed by atoms with Crippen molar-refractivity contribution in [2.24, 2.45) is 0 Å². The van der Waals surface area contributed by atoms with Gasteiger partial charge < -0.3 is 5.32 Å². The molecule has 0 aliphatic rings. The number of amides is 1. The Morgan fingerprint density at radius 2 is 1.81 bits per heavy atom. The summed E-state index contributed by atoms with van der Waals surface area (Å²) < 4.78 is 27.3. The van der Waals surface area contributed by atoms with Crippen LogP contribution in [0.1, 0.15) is 23.6 Å². The van der Waals surface area contributed by atoms with E-state index in [9.17, 15) is 13.2 Å². The van der Waals surface area contributed by atoms with E-state index in [-0.39, 0.29) is 10.8 Å². The molecule has 2 N–H and O–H groups in total. The minimum Gasteiger partial charge on any atom is -0.351 e. The Hall–Kier alpha value is -1.66. The van der Waals surface area contributed by atoms with Gasteiger partial charge in [-0.25, -0.2) is 8.42 Å². The first-order chi connectivity index (χ1) is 9.69. The molecule has 0 radical (unpaired) electrons. The maximum absolute atomic E-state index is 12.5. The maximum Gasteiger partial charge on any atom is 0.241 e. The lowest BCUT2D eigenvalue weighted by Gasteiger charge is -2.17. The molecule has 0 saturated heterocycles. The van der Waals surface area contributed by atoms with Gasteiger partial charge in [0.15, 0.2) is 0 Å². The molecular weight excluding hydrogens is 288 g/mol. The summed E-state index contributed by atoms with van der Waals surface area (Å²) >= 11 is 0. The molecular formula is C15H22N2O3S. The van der Waals surface area contributed by atoms with E-state index >= 15 is 0 Å². The molecule has 116 valence electrons. The van der Waals surface area contributed by atoms with Gasteiger partial charge in [-0.05, 0) is 38.8 Å². The molecule has 1 amide bonds. The van der Waals surface area contributed by atoms with Crippen LogP contribution in [0.2, 0.25) is 0 Å². The van der Waals surface area contributed by atoms with Crippen molar-refractivity contribution in [3.63, 3.8) is 0 Å². The standard InChI is InChI=1S/C15H22N2O3S/c1-6-7-16-15(18)13(5)17-21(19,20)14-11(3)8-10(2)9-12(14)4/h6,8-9,13,17H,1,7H2,2-5H3,(H,16,18). The van der Waals surface area contributed by atoms with Crippen LogP contribution in [-0.2, 0) is 14.8 Å². The van der Waals surface area contributed by atoms with Crippen LogP contribution in [0.5, 0.6) is 0 Å². The molecule has 0 aliphatic heterocycles. The molecule has 21 heavy (non-hydrogen) atoms. The van der Waals surface area contributed by atoms with Crippen LogP contribution < -0.4 is 10.0 Å². The lowest BCUT2D eigenvalue weighted by atomic mass is 10.1.